The maximum Gasteiger partial charge on any atom is 0.230 e. The SMILES string of the molecule is COc1ccc(CCNC(=O)Cc2nc(-c3ccccc3OC)oc2C)cc1. The number of aryl methyl sites for hydroxylation is 1. The Kier molecular flexibility index (Phi) is 6.32. The van der Waals surface area contributed by atoms with Crippen molar-refractivity contribution in [1.82, 2.24) is 10.3 Å². The second kappa shape index (κ2) is 9.08. The van der Waals surface area contributed by atoms with E-state index in [1.165, 1.54) is 0 Å². The van der Waals surface area contributed by atoms with Gasteiger partial charge in [-0.05, 0) is 43.2 Å². The Morgan fingerprint density at radius 3 is 2.54 bits per heavy atom. The first-order chi connectivity index (χ1) is 13.6. The second-order valence-electron chi connectivity index (χ2n) is 6.35. The molecule has 0 fully saturated rings. The highest BCUT2D eigenvalue weighted by Gasteiger charge is 2.17. The summed E-state index contributed by atoms with van der Waals surface area (Å²) >= 11 is 0. The van der Waals surface area contributed by atoms with Crippen LogP contribution in [0.1, 0.15) is 17.0 Å². The topological polar surface area (TPSA) is 73.6 Å². The number of benzene rings is 2. The molecule has 146 valence electrons. The van der Waals surface area contributed by atoms with Gasteiger partial charge in [0.25, 0.3) is 0 Å². The highest BCUT2D eigenvalue weighted by Crippen LogP contribution is 2.30. The molecule has 3 rings (SSSR count). The van der Waals surface area contributed by atoms with Crippen molar-refractivity contribution >= 4 is 5.91 Å². The molecule has 1 heterocycles. The Bertz CT molecular complexity index is 932. The number of aromatic nitrogens is 1. The van der Waals surface area contributed by atoms with Crippen LogP contribution in [-0.4, -0.2) is 31.7 Å². The van der Waals surface area contributed by atoms with Crippen LogP contribution < -0.4 is 14.8 Å². The molecule has 1 N–H and O–H groups in total. The Morgan fingerprint density at radius 1 is 1.07 bits per heavy atom. The number of ether oxygens (including phenoxy) is 2. The van der Waals surface area contributed by atoms with Gasteiger partial charge in [-0.1, -0.05) is 24.3 Å². The minimum Gasteiger partial charge on any atom is -0.497 e. The van der Waals surface area contributed by atoms with Gasteiger partial charge in [-0.15, -0.1) is 0 Å². The summed E-state index contributed by atoms with van der Waals surface area (Å²) in [5.41, 5.74) is 2.53. The fourth-order valence-corrected chi connectivity index (χ4v) is 2.88. The minimum absolute atomic E-state index is 0.0866. The standard InChI is InChI=1S/C22H24N2O4/c1-15-19(24-22(28-15)18-6-4-5-7-20(18)27-3)14-21(25)23-13-12-16-8-10-17(26-2)11-9-16/h4-11H,12-14H2,1-3H3,(H,23,25). The maximum atomic E-state index is 12.3. The number of nitrogens with zero attached hydrogens (tertiary/aromatic N) is 1. The van der Waals surface area contributed by atoms with E-state index >= 15 is 0 Å². The largest absolute Gasteiger partial charge is 0.497 e. The number of para-hydroxylation sites is 1. The number of carbonyl (C=O) groups is 1. The van der Waals surface area contributed by atoms with Gasteiger partial charge in [0.1, 0.15) is 17.3 Å². The molecule has 6 heteroatoms. The summed E-state index contributed by atoms with van der Waals surface area (Å²) in [6, 6.07) is 15.3. The van der Waals surface area contributed by atoms with Crippen LogP contribution in [0.3, 0.4) is 0 Å². The van der Waals surface area contributed by atoms with Gasteiger partial charge < -0.3 is 19.2 Å². The molecule has 1 aromatic heterocycles. The van der Waals surface area contributed by atoms with Crippen molar-refractivity contribution in [1.29, 1.82) is 0 Å². The fraction of sp³-hybridized carbons (Fsp3) is 0.273. The van der Waals surface area contributed by atoms with E-state index in [1.807, 2.05) is 55.5 Å². The van der Waals surface area contributed by atoms with Gasteiger partial charge in [-0.25, -0.2) is 4.98 Å². The van der Waals surface area contributed by atoms with Crippen molar-refractivity contribution in [3.63, 3.8) is 0 Å². The van der Waals surface area contributed by atoms with Crippen molar-refractivity contribution < 1.29 is 18.7 Å². The van der Waals surface area contributed by atoms with E-state index in [9.17, 15) is 4.79 Å². The van der Waals surface area contributed by atoms with E-state index in [1.54, 1.807) is 14.2 Å². The molecule has 0 aliphatic rings. The first-order valence-corrected chi connectivity index (χ1v) is 9.10. The fourth-order valence-electron chi connectivity index (χ4n) is 2.88. The summed E-state index contributed by atoms with van der Waals surface area (Å²) in [5.74, 6) is 2.50. The van der Waals surface area contributed by atoms with Crippen LogP contribution in [0.15, 0.2) is 52.9 Å². The molecule has 0 saturated carbocycles. The van der Waals surface area contributed by atoms with Gasteiger partial charge in [0.05, 0.1) is 31.9 Å². The first-order valence-electron chi connectivity index (χ1n) is 9.10. The van der Waals surface area contributed by atoms with Gasteiger partial charge >= 0.3 is 0 Å². The molecule has 3 aromatic rings. The number of nitrogens with one attached hydrogen (secondary N) is 1. The number of carbonyl (C=O) groups excluding carboxylic acids is 1. The molecule has 0 aliphatic heterocycles. The number of rotatable bonds is 8. The molecule has 1 amide bonds. The number of methoxy groups -OCH3 is 2. The van der Waals surface area contributed by atoms with E-state index in [4.69, 9.17) is 13.9 Å². The molecule has 0 spiro atoms. The zero-order valence-corrected chi connectivity index (χ0v) is 16.3. The molecule has 28 heavy (non-hydrogen) atoms. The van der Waals surface area contributed by atoms with Gasteiger partial charge in [-0.3, -0.25) is 4.79 Å². The van der Waals surface area contributed by atoms with Crippen LogP contribution in [0.2, 0.25) is 0 Å². The third-order valence-electron chi connectivity index (χ3n) is 4.45. The molecule has 6 nitrogen and oxygen atoms in total. The van der Waals surface area contributed by atoms with Gasteiger partial charge in [0.15, 0.2) is 0 Å². The highest BCUT2D eigenvalue weighted by atomic mass is 16.5. The van der Waals surface area contributed by atoms with Gasteiger partial charge in [0, 0.05) is 6.54 Å². The number of amides is 1. The molecule has 0 radical (unpaired) electrons. The second-order valence-corrected chi connectivity index (χ2v) is 6.35. The van der Waals surface area contributed by atoms with Crippen molar-refractivity contribution in [3.8, 4) is 23.0 Å². The molecular formula is C22H24N2O4. The van der Waals surface area contributed by atoms with E-state index in [0.717, 1.165) is 23.3 Å². The Labute approximate surface area is 164 Å². The lowest BCUT2D eigenvalue weighted by Gasteiger charge is -2.05. The average Bonchev–Trinajstić information content (AvgIpc) is 3.08. The smallest absolute Gasteiger partial charge is 0.230 e. The molecular weight excluding hydrogens is 356 g/mol. The van der Waals surface area contributed by atoms with Gasteiger partial charge in [-0.2, -0.15) is 0 Å². The third-order valence-corrected chi connectivity index (χ3v) is 4.45. The van der Waals surface area contributed by atoms with Crippen molar-refractivity contribution in [2.45, 2.75) is 19.8 Å². The lowest BCUT2D eigenvalue weighted by molar-refractivity contribution is -0.120. The van der Waals surface area contributed by atoms with E-state index in [-0.39, 0.29) is 12.3 Å². The Morgan fingerprint density at radius 2 is 1.82 bits per heavy atom. The number of hydrogen-bond donors (Lipinski definition) is 1. The summed E-state index contributed by atoms with van der Waals surface area (Å²) < 4.78 is 16.3. The third kappa shape index (κ3) is 4.71. The van der Waals surface area contributed by atoms with Crippen LogP contribution in [-0.2, 0) is 17.6 Å². The lowest BCUT2D eigenvalue weighted by atomic mass is 10.1. The number of oxazole rings is 1. The minimum atomic E-state index is -0.0866. The zero-order valence-electron chi connectivity index (χ0n) is 16.3. The number of hydrogen-bond acceptors (Lipinski definition) is 5. The molecule has 0 saturated heterocycles. The molecule has 0 unspecified atom stereocenters. The van der Waals surface area contributed by atoms with Crippen LogP contribution in [0.25, 0.3) is 11.5 Å². The molecule has 0 bridgehead atoms. The van der Waals surface area contributed by atoms with E-state index in [0.29, 0.717) is 29.6 Å². The summed E-state index contributed by atoms with van der Waals surface area (Å²) in [5, 5.41) is 2.93. The Hall–Kier alpha value is -3.28. The average molecular weight is 380 g/mol. The predicted octanol–water partition coefficient (Wildman–Crippen LogP) is 3.57. The van der Waals surface area contributed by atoms with Crippen LogP contribution in [0.5, 0.6) is 11.5 Å². The molecule has 0 aliphatic carbocycles. The lowest BCUT2D eigenvalue weighted by Crippen LogP contribution is -2.27. The Balaban J connectivity index is 1.57. The van der Waals surface area contributed by atoms with Crippen LogP contribution in [0.4, 0.5) is 0 Å². The normalized spacial score (nSPS) is 10.5. The quantitative estimate of drug-likeness (QED) is 0.647. The molecule has 0 atom stereocenters. The van der Waals surface area contributed by atoms with Gasteiger partial charge in [0.2, 0.25) is 11.8 Å². The van der Waals surface area contributed by atoms with E-state index < -0.39 is 0 Å². The van der Waals surface area contributed by atoms with Crippen molar-refractivity contribution in [3.05, 3.63) is 65.5 Å². The monoisotopic (exact) mass is 380 g/mol. The summed E-state index contributed by atoms with van der Waals surface area (Å²) in [6.45, 7) is 2.37. The predicted molar refractivity (Wildman–Crippen MR) is 107 cm³/mol. The van der Waals surface area contributed by atoms with Crippen molar-refractivity contribution in [2.75, 3.05) is 20.8 Å². The van der Waals surface area contributed by atoms with E-state index in [2.05, 4.69) is 10.3 Å². The summed E-state index contributed by atoms with van der Waals surface area (Å²) in [4.78, 5) is 16.8. The zero-order chi connectivity index (χ0) is 19.9. The van der Waals surface area contributed by atoms with Crippen LogP contribution >= 0.6 is 0 Å². The first kappa shape index (κ1) is 19.5. The summed E-state index contributed by atoms with van der Waals surface area (Å²) in [6.07, 6.45) is 0.924. The molecule has 2 aromatic carbocycles. The summed E-state index contributed by atoms with van der Waals surface area (Å²) in [7, 11) is 3.24. The highest BCUT2D eigenvalue weighted by molar-refractivity contribution is 5.78. The maximum absolute atomic E-state index is 12.3. The van der Waals surface area contributed by atoms with Crippen LogP contribution in [0, 0.1) is 6.92 Å². The van der Waals surface area contributed by atoms with Crippen molar-refractivity contribution in [2.24, 2.45) is 0 Å².